The van der Waals surface area contributed by atoms with Crippen molar-refractivity contribution in [1.82, 2.24) is 10.0 Å². The Balaban J connectivity index is 0.000000245. The van der Waals surface area contributed by atoms with Crippen LogP contribution in [0.2, 0.25) is 0 Å². The Kier molecular flexibility index (Phi) is 10.7. The van der Waals surface area contributed by atoms with E-state index in [1.54, 1.807) is 6.08 Å². The van der Waals surface area contributed by atoms with Gasteiger partial charge in [-0.05, 0) is 110 Å². The number of hydrogen-bond acceptors (Lipinski definition) is 6. The Hall–Kier alpha value is -1.15. The monoisotopic (exact) mass is 538 g/mol. The van der Waals surface area contributed by atoms with Crippen molar-refractivity contribution in [2.45, 2.75) is 69.9 Å². The normalized spacial score (nSPS) is 29.2. The number of aldehydes is 1. The van der Waals surface area contributed by atoms with Crippen LogP contribution in [-0.2, 0) is 14.3 Å². The van der Waals surface area contributed by atoms with E-state index in [1.165, 1.54) is 44.7 Å². The summed E-state index contributed by atoms with van der Waals surface area (Å²) >= 11 is 4.89. The summed E-state index contributed by atoms with van der Waals surface area (Å²) in [6.45, 7) is 8.33. The number of carbonyl (C=O) groups is 2. The number of hydrogen-bond donors (Lipinski definition) is 2. The molecule has 33 heavy (non-hydrogen) atoms. The lowest BCUT2D eigenvalue weighted by molar-refractivity contribution is -0.134. The maximum absolute atomic E-state index is 11.3. The van der Waals surface area contributed by atoms with Crippen LogP contribution in [0, 0.1) is 23.2 Å². The molecule has 2 fully saturated rings. The predicted molar refractivity (Wildman–Crippen MR) is 140 cm³/mol. The Morgan fingerprint density at radius 3 is 2.58 bits per heavy atom. The number of benzene rings is 1. The van der Waals surface area contributed by atoms with E-state index in [2.05, 4.69) is 52.9 Å². The molecule has 5 nitrogen and oxygen atoms in total. The molecule has 0 spiro atoms. The maximum Gasteiger partial charge on any atom is 0.330 e. The molecule has 184 valence electrons. The molecule has 7 heteroatoms. The Labute approximate surface area is 212 Å². The highest BCUT2D eigenvalue weighted by atomic mass is 79.9. The smallest absolute Gasteiger partial charge is 0.330 e. The molecule has 2 aliphatic rings. The van der Waals surface area contributed by atoms with Crippen LogP contribution < -0.4 is 10.0 Å². The molecule has 3 rings (SSSR count). The van der Waals surface area contributed by atoms with E-state index in [0.717, 1.165) is 33.4 Å². The predicted octanol–water partition coefficient (Wildman–Crippen LogP) is 5.79. The van der Waals surface area contributed by atoms with Crippen LogP contribution in [-0.4, -0.2) is 38.0 Å². The van der Waals surface area contributed by atoms with Crippen LogP contribution in [0.1, 0.15) is 53.4 Å². The Morgan fingerprint density at radius 2 is 1.97 bits per heavy atom. The molecule has 2 saturated carbocycles. The molecule has 0 saturated heterocycles. The second kappa shape index (κ2) is 12.5. The minimum Gasteiger partial charge on any atom is -0.466 e. The van der Waals surface area contributed by atoms with Gasteiger partial charge in [-0.3, -0.25) is 0 Å². The van der Waals surface area contributed by atoms with Crippen LogP contribution >= 0.6 is 27.9 Å². The van der Waals surface area contributed by atoms with Gasteiger partial charge in [-0.25, -0.2) is 9.52 Å². The van der Waals surface area contributed by atoms with Crippen LogP contribution in [0.4, 0.5) is 0 Å². The van der Waals surface area contributed by atoms with Crippen LogP contribution in [0.5, 0.6) is 0 Å². The zero-order chi connectivity index (χ0) is 24.6. The highest BCUT2D eigenvalue weighted by Gasteiger charge is 2.44. The van der Waals surface area contributed by atoms with Crippen molar-refractivity contribution in [3.8, 4) is 0 Å². The molecule has 2 aliphatic carbocycles. The first-order valence-corrected chi connectivity index (χ1v) is 13.2. The molecule has 2 bridgehead atoms. The van der Waals surface area contributed by atoms with E-state index in [4.69, 9.17) is 4.74 Å². The molecule has 0 aromatic heterocycles. The second-order valence-corrected chi connectivity index (χ2v) is 12.0. The lowest BCUT2D eigenvalue weighted by Gasteiger charge is -2.50. The van der Waals surface area contributed by atoms with Crippen molar-refractivity contribution in [3.05, 3.63) is 40.9 Å². The summed E-state index contributed by atoms with van der Waals surface area (Å²) in [6.07, 6.45) is 9.63. The van der Waals surface area contributed by atoms with Gasteiger partial charge in [-0.2, -0.15) is 0 Å². The summed E-state index contributed by atoms with van der Waals surface area (Å²) in [5, 5.41) is 3.51. The zero-order valence-corrected chi connectivity index (χ0v) is 23.1. The molecule has 0 aliphatic heterocycles. The minimum atomic E-state index is -0.500. The first-order valence-electron chi connectivity index (χ1n) is 11.6. The number of fused-ring (bicyclic) bond motifs is 2. The molecular weight excluding hydrogens is 500 g/mol. The standard InChI is InChI=1S/C16H27NO2.C10H12BrNOS/c1-11-7-12-8-13(15(11)17-3)10-16(2,9-12)6-5-14(18)19-4;1-10(2,7-13)12-14-9-6-4-3-5-8(9)11/h5-6,11-13,15,17H,7-10H2,1-4H3;3-7,12H,1-2H3/b6-5+;. The first-order chi connectivity index (χ1) is 15.5. The number of esters is 1. The summed E-state index contributed by atoms with van der Waals surface area (Å²) in [4.78, 5) is 23.0. The van der Waals surface area contributed by atoms with Gasteiger partial charge in [0.15, 0.2) is 0 Å². The molecule has 2 N–H and O–H groups in total. The average Bonchev–Trinajstić information content (AvgIpc) is 2.77. The fraction of sp³-hybridized carbons (Fsp3) is 0.615. The molecule has 1 aromatic rings. The van der Waals surface area contributed by atoms with Crippen molar-refractivity contribution in [2.24, 2.45) is 23.2 Å². The molecule has 0 amide bonds. The number of ether oxygens (including phenoxy) is 1. The molecule has 0 radical (unpaired) electrons. The SMILES string of the molecule is CC(C)(C=O)NSc1ccccc1Br.CNC1C(C)CC2CC1CC(C)(/C=C/C(=O)OC)C2. The largest absolute Gasteiger partial charge is 0.466 e. The quantitative estimate of drug-likeness (QED) is 0.198. The number of allylic oxidation sites excluding steroid dienone is 1. The number of methoxy groups -OCH3 is 1. The molecular formula is C26H39BrN2O3S. The minimum absolute atomic E-state index is 0.150. The lowest BCUT2D eigenvalue weighted by atomic mass is 9.57. The van der Waals surface area contributed by atoms with Gasteiger partial charge in [0.1, 0.15) is 6.29 Å². The van der Waals surface area contributed by atoms with Crippen molar-refractivity contribution in [1.29, 1.82) is 0 Å². The zero-order valence-electron chi connectivity index (χ0n) is 20.7. The fourth-order valence-corrected chi connectivity index (χ4v) is 6.52. The highest BCUT2D eigenvalue weighted by molar-refractivity contribution is 9.10. The summed E-state index contributed by atoms with van der Waals surface area (Å²) in [6, 6.07) is 8.50. The Morgan fingerprint density at radius 1 is 1.27 bits per heavy atom. The van der Waals surface area contributed by atoms with Gasteiger partial charge in [0.25, 0.3) is 0 Å². The number of carbonyl (C=O) groups excluding carboxylic acids is 2. The van der Waals surface area contributed by atoms with Gasteiger partial charge in [0, 0.05) is 21.5 Å². The van der Waals surface area contributed by atoms with E-state index in [9.17, 15) is 9.59 Å². The topological polar surface area (TPSA) is 67.4 Å². The van der Waals surface area contributed by atoms with Gasteiger partial charge >= 0.3 is 5.97 Å². The molecule has 1 aromatic carbocycles. The fourth-order valence-electron chi connectivity index (χ4n) is 5.26. The number of rotatable bonds is 7. The summed E-state index contributed by atoms with van der Waals surface area (Å²) < 4.78 is 8.81. The third-order valence-corrected chi connectivity index (χ3v) is 8.82. The van der Waals surface area contributed by atoms with Crippen molar-refractivity contribution >= 4 is 40.1 Å². The van der Waals surface area contributed by atoms with E-state index in [1.807, 2.05) is 38.1 Å². The molecule has 5 atom stereocenters. The summed E-state index contributed by atoms with van der Waals surface area (Å²) in [5.74, 6) is 2.07. The first kappa shape index (κ1) is 28.1. The van der Waals surface area contributed by atoms with Crippen molar-refractivity contribution in [3.63, 3.8) is 0 Å². The van der Waals surface area contributed by atoms with Gasteiger partial charge in [-0.15, -0.1) is 0 Å². The number of nitrogens with one attached hydrogen (secondary N) is 2. The van der Waals surface area contributed by atoms with Crippen LogP contribution in [0.15, 0.2) is 45.8 Å². The highest BCUT2D eigenvalue weighted by Crippen LogP contribution is 2.50. The maximum atomic E-state index is 11.3. The molecule has 0 heterocycles. The van der Waals surface area contributed by atoms with E-state index >= 15 is 0 Å². The van der Waals surface area contributed by atoms with Gasteiger partial charge < -0.3 is 14.8 Å². The average molecular weight is 540 g/mol. The lowest BCUT2D eigenvalue weighted by Crippen LogP contribution is -2.49. The third-order valence-electron chi connectivity index (χ3n) is 6.66. The van der Waals surface area contributed by atoms with E-state index in [-0.39, 0.29) is 11.4 Å². The van der Waals surface area contributed by atoms with Crippen LogP contribution in [0.3, 0.4) is 0 Å². The van der Waals surface area contributed by atoms with Gasteiger partial charge in [-0.1, -0.05) is 32.1 Å². The van der Waals surface area contributed by atoms with Crippen LogP contribution in [0.25, 0.3) is 0 Å². The van der Waals surface area contributed by atoms with E-state index in [0.29, 0.717) is 6.04 Å². The van der Waals surface area contributed by atoms with E-state index < -0.39 is 5.54 Å². The summed E-state index contributed by atoms with van der Waals surface area (Å²) in [5.41, 5.74) is -0.350. The second-order valence-electron chi connectivity index (χ2n) is 10.3. The van der Waals surface area contributed by atoms with Crippen molar-refractivity contribution in [2.75, 3.05) is 14.2 Å². The molecule has 5 unspecified atom stereocenters. The third kappa shape index (κ3) is 8.53. The number of halogens is 1. The van der Waals surface area contributed by atoms with Crippen molar-refractivity contribution < 1.29 is 14.3 Å². The summed E-state index contributed by atoms with van der Waals surface area (Å²) in [7, 11) is 3.51. The van der Waals surface area contributed by atoms with Gasteiger partial charge in [0.05, 0.1) is 12.6 Å². The Bertz CT molecular complexity index is 830. The van der Waals surface area contributed by atoms with Gasteiger partial charge in [0.2, 0.25) is 0 Å².